The van der Waals surface area contributed by atoms with Crippen LogP contribution >= 0.6 is 0 Å². The maximum atomic E-state index is 13.0. The zero-order chi connectivity index (χ0) is 24.9. The fourth-order valence-electron chi connectivity index (χ4n) is 4.12. The first-order valence-corrected chi connectivity index (χ1v) is 11.6. The zero-order valence-corrected chi connectivity index (χ0v) is 20.1. The maximum absolute atomic E-state index is 13.0. The minimum absolute atomic E-state index is 0.210. The van der Waals surface area contributed by atoms with Crippen molar-refractivity contribution in [3.63, 3.8) is 0 Å². The van der Waals surface area contributed by atoms with Crippen molar-refractivity contribution in [2.75, 3.05) is 11.9 Å². The Balaban J connectivity index is 1.53. The second-order valence-corrected chi connectivity index (χ2v) is 8.70. The molecule has 2 atom stereocenters. The highest BCUT2D eigenvalue weighted by Gasteiger charge is 2.46. The first kappa shape index (κ1) is 24.0. The molecular weight excluding hydrogens is 442 g/mol. The lowest BCUT2D eigenvalue weighted by Crippen LogP contribution is -2.46. The summed E-state index contributed by atoms with van der Waals surface area (Å²) in [6, 6.07) is 21.4. The van der Waals surface area contributed by atoms with E-state index in [1.165, 1.54) is 4.90 Å². The Morgan fingerprint density at radius 3 is 2.31 bits per heavy atom. The third kappa shape index (κ3) is 5.51. The van der Waals surface area contributed by atoms with Gasteiger partial charge in [-0.3, -0.25) is 14.5 Å². The number of rotatable bonds is 7. The fourth-order valence-corrected chi connectivity index (χ4v) is 4.12. The number of carbonyl (C=O) groups is 3. The molecular formula is C28H29N3O4. The number of likely N-dealkylation sites (N-methyl/N-ethyl adjacent to an activating group) is 1. The second kappa shape index (κ2) is 10.4. The van der Waals surface area contributed by atoms with E-state index in [9.17, 15) is 14.4 Å². The maximum Gasteiger partial charge on any atom is 0.411 e. The smallest absolute Gasteiger partial charge is 0.411 e. The van der Waals surface area contributed by atoms with Crippen LogP contribution < -0.4 is 10.6 Å². The lowest BCUT2D eigenvalue weighted by Gasteiger charge is -2.24. The van der Waals surface area contributed by atoms with Gasteiger partial charge in [-0.25, -0.2) is 4.79 Å². The van der Waals surface area contributed by atoms with Gasteiger partial charge in [0.05, 0.1) is 6.54 Å². The molecule has 0 aliphatic carbocycles. The summed E-state index contributed by atoms with van der Waals surface area (Å²) in [5.74, 6) is -0.481. The van der Waals surface area contributed by atoms with Crippen LogP contribution in [-0.4, -0.2) is 35.4 Å². The molecule has 3 aromatic carbocycles. The average Bonchev–Trinajstić information content (AvgIpc) is 3.17. The minimum atomic E-state index is -0.809. The molecule has 4 rings (SSSR count). The van der Waals surface area contributed by atoms with Gasteiger partial charge < -0.3 is 15.4 Å². The zero-order valence-electron chi connectivity index (χ0n) is 20.1. The van der Waals surface area contributed by atoms with E-state index in [1.54, 1.807) is 30.3 Å². The van der Waals surface area contributed by atoms with E-state index < -0.39 is 18.2 Å². The van der Waals surface area contributed by atoms with Gasteiger partial charge in [0.1, 0.15) is 0 Å². The fraction of sp³-hybridized carbons (Fsp3) is 0.250. The van der Waals surface area contributed by atoms with Crippen LogP contribution in [0.15, 0.2) is 72.8 Å². The molecule has 7 heteroatoms. The van der Waals surface area contributed by atoms with Crippen LogP contribution in [0.5, 0.6) is 0 Å². The van der Waals surface area contributed by atoms with Gasteiger partial charge >= 0.3 is 6.09 Å². The lowest BCUT2D eigenvalue weighted by molar-refractivity contribution is -0.126. The molecule has 3 aromatic rings. The minimum Gasteiger partial charge on any atom is -0.438 e. The molecule has 35 heavy (non-hydrogen) atoms. The van der Waals surface area contributed by atoms with Crippen molar-refractivity contribution in [2.45, 2.75) is 39.5 Å². The second-order valence-electron chi connectivity index (χ2n) is 8.70. The molecule has 0 spiro atoms. The van der Waals surface area contributed by atoms with Gasteiger partial charge in [0, 0.05) is 17.8 Å². The van der Waals surface area contributed by atoms with Crippen LogP contribution in [0.3, 0.4) is 0 Å². The van der Waals surface area contributed by atoms with Gasteiger partial charge in [0.25, 0.3) is 5.91 Å². The number of benzene rings is 3. The topological polar surface area (TPSA) is 87.7 Å². The third-order valence-corrected chi connectivity index (χ3v) is 5.96. The monoisotopic (exact) mass is 471 g/mol. The molecule has 0 unspecified atom stereocenters. The summed E-state index contributed by atoms with van der Waals surface area (Å²) in [6.45, 7) is 6.47. The molecule has 1 aliphatic rings. The number of aryl methyl sites for hydroxylation is 2. The molecule has 7 nitrogen and oxygen atoms in total. The van der Waals surface area contributed by atoms with Gasteiger partial charge in [-0.15, -0.1) is 0 Å². The standard InChI is InChI=1S/C28H29N3O4/c1-4-29-27(33)24-25(35-28(34)31(24)17-20-10-8-18(2)9-11-20)21-12-14-23(15-13-21)30-26(32)22-7-5-6-19(3)16-22/h5-16,24-25H,4,17H2,1-3H3,(H,29,33)(H,30,32)/t24-,25+/m1/s1. The van der Waals surface area contributed by atoms with Crippen molar-refractivity contribution in [1.82, 2.24) is 10.2 Å². The van der Waals surface area contributed by atoms with Gasteiger partial charge in [0.2, 0.25) is 5.91 Å². The number of nitrogens with one attached hydrogen (secondary N) is 2. The van der Waals surface area contributed by atoms with Crippen molar-refractivity contribution in [2.24, 2.45) is 0 Å². The first-order chi connectivity index (χ1) is 16.9. The number of nitrogens with zero attached hydrogens (tertiary/aromatic N) is 1. The van der Waals surface area contributed by atoms with E-state index in [-0.39, 0.29) is 18.4 Å². The molecule has 3 amide bonds. The Morgan fingerprint density at radius 2 is 1.66 bits per heavy atom. The molecule has 1 heterocycles. The van der Waals surface area contributed by atoms with E-state index in [1.807, 2.05) is 63.2 Å². The molecule has 0 aromatic heterocycles. The summed E-state index contributed by atoms with van der Waals surface area (Å²) in [7, 11) is 0. The molecule has 0 bridgehead atoms. The predicted molar refractivity (Wildman–Crippen MR) is 134 cm³/mol. The van der Waals surface area contributed by atoms with Gasteiger partial charge in [-0.05, 0) is 56.2 Å². The summed E-state index contributed by atoms with van der Waals surface area (Å²) in [5.41, 5.74) is 4.89. The van der Waals surface area contributed by atoms with Gasteiger partial charge in [-0.2, -0.15) is 0 Å². The summed E-state index contributed by atoms with van der Waals surface area (Å²) in [6.07, 6.45) is -1.30. The van der Waals surface area contributed by atoms with Crippen LogP contribution in [-0.2, 0) is 16.1 Å². The van der Waals surface area contributed by atoms with E-state index in [4.69, 9.17) is 4.74 Å². The summed E-state index contributed by atoms with van der Waals surface area (Å²) in [5, 5.41) is 5.70. The predicted octanol–water partition coefficient (Wildman–Crippen LogP) is 4.75. The van der Waals surface area contributed by atoms with Gasteiger partial charge in [-0.1, -0.05) is 59.7 Å². The number of hydrogen-bond acceptors (Lipinski definition) is 4. The van der Waals surface area contributed by atoms with Gasteiger partial charge in [0.15, 0.2) is 12.1 Å². The van der Waals surface area contributed by atoms with E-state index in [2.05, 4.69) is 10.6 Å². The summed E-state index contributed by atoms with van der Waals surface area (Å²) in [4.78, 5) is 39.8. The molecule has 0 radical (unpaired) electrons. The van der Waals surface area contributed by atoms with Crippen LogP contribution in [0.25, 0.3) is 0 Å². The molecule has 180 valence electrons. The first-order valence-electron chi connectivity index (χ1n) is 11.6. The average molecular weight is 472 g/mol. The van der Waals surface area contributed by atoms with Crippen LogP contribution in [0, 0.1) is 13.8 Å². The van der Waals surface area contributed by atoms with Crippen molar-refractivity contribution >= 4 is 23.6 Å². The normalized spacial score (nSPS) is 17.1. The van der Waals surface area contributed by atoms with Crippen molar-refractivity contribution < 1.29 is 19.1 Å². The Labute approximate surface area is 205 Å². The largest absolute Gasteiger partial charge is 0.438 e. The number of carbonyl (C=O) groups excluding carboxylic acids is 3. The molecule has 1 aliphatic heterocycles. The number of cyclic esters (lactones) is 1. The highest BCUT2D eigenvalue weighted by molar-refractivity contribution is 6.04. The van der Waals surface area contributed by atoms with Crippen LogP contribution in [0.1, 0.15) is 45.6 Å². The number of anilines is 1. The van der Waals surface area contributed by atoms with E-state index in [0.29, 0.717) is 23.4 Å². The Hall–Kier alpha value is -4.13. The van der Waals surface area contributed by atoms with Crippen molar-refractivity contribution in [1.29, 1.82) is 0 Å². The highest BCUT2D eigenvalue weighted by Crippen LogP contribution is 2.34. The lowest BCUT2D eigenvalue weighted by atomic mass is 10.00. The van der Waals surface area contributed by atoms with E-state index in [0.717, 1.165) is 16.7 Å². The molecule has 2 N–H and O–H groups in total. The van der Waals surface area contributed by atoms with Crippen molar-refractivity contribution in [3.05, 3.63) is 101 Å². The number of amides is 3. The third-order valence-electron chi connectivity index (χ3n) is 5.96. The van der Waals surface area contributed by atoms with Crippen LogP contribution in [0.4, 0.5) is 10.5 Å². The summed E-state index contributed by atoms with van der Waals surface area (Å²) < 4.78 is 5.68. The Bertz CT molecular complexity index is 1220. The summed E-state index contributed by atoms with van der Waals surface area (Å²) >= 11 is 0. The van der Waals surface area contributed by atoms with Crippen LogP contribution in [0.2, 0.25) is 0 Å². The highest BCUT2D eigenvalue weighted by atomic mass is 16.6. The molecule has 1 fully saturated rings. The number of ether oxygens (including phenoxy) is 1. The molecule has 0 saturated carbocycles. The van der Waals surface area contributed by atoms with E-state index >= 15 is 0 Å². The molecule has 1 saturated heterocycles. The quantitative estimate of drug-likeness (QED) is 0.520. The Morgan fingerprint density at radius 1 is 0.943 bits per heavy atom. The Kier molecular flexibility index (Phi) is 7.15. The number of hydrogen-bond donors (Lipinski definition) is 2. The SMILES string of the molecule is CCNC(=O)[C@H]1[C@H](c2ccc(NC(=O)c3cccc(C)c3)cc2)OC(=O)N1Cc1ccc(C)cc1. The van der Waals surface area contributed by atoms with Crippen molar-refractivity contribution in [3.8, 4) is 0 Å².